The van der Waals surface area contributed by atoms with Crippen LogP contribution < -0.4 is 5.73 Å². The quantitative estimate of drug-likeness (QED) is 0.609. The van der Waals surface area contributed by atoms with Gasteiger partial charge in [0, 0.05) is 0 Å². The highest BCUT2D eigenvalue weighted by atomic mass is 15.1. The number of nitrogens with zero attached hydrogens (tertiary/aromatic N) is 1. The molecule has 2 nitrogen and oxygen atoms in total. The molecule has 2 N–H and O–H groups in total. The van der Waals surface area contributed by atoms with Gasteiger partial charge in [0.1, 0.15) is 0 Å². The summed E-state index contributed by atoms with van der Waals surface area (Å²) in [5, 5.41) is 0. The van der Waals surface area contributed by atoms with Crippen LogP contribution in [-0.2, 0) is 0 Å². The van der Waals surface area contributed by atoms with E-state index in [0.29, 0.717) is 0 Å². The summed E-state index contributed by atoms with van der Waals surface area (Å²) in [6.45, 7) is 10.5. The summed E-state index contributed by atoms with van der Waals surface area (Å²) in [5.74, 6) is 4.23. The fourth-order valence-electron chi connectivity index (χ4n) is 2.08. The molecule has 94 valence electrons. The standard InChI is InChI=1S/C14H28N2/c1-5-11-16(6-2)12-7-8-14(9-10-15)13(3)4/h1,13-14H,6-12,15H2,2-4H3. The molecule has 0 aliphatic carbocycles. The van der Waals surface area contributed by atoms with Crippen LogP contribution in [0.5, 0.6) is 0 Å². The minimum Gasteiger partial charge on any atom is -0.330 e. The second-order valence-corrected chi connectivity index (χ2v) is 4.80. The molecule has 0 aliphatic rings. The van der Waals surface area contributed by atoms with E-state index >= 15 is 0 Å². The van der Waals surface area contributed by atoms with Gasteiger partial charge in [-0.05, 0) is 50.7 Å². The molecule has 0 bridgehead atoms. The molecule has 0 amide bonds. The van der Waals surface area contributed by atoms with Crippen LogP contribution in [0.3, 0.4) is 0 Å². The van der Waals surface area contributed by atoms with Crippen molar-refractivity contribution in [2.24, 2.45) is 17.6 Å². The third-order valence-electron chi connectivity index (χ3n) is 3.29. The van der Waals surface area contributed by atoms with Gasteiger partial charge in [0.25, 0.3) is 0 Å². The Kier molecular flexibility index (Phi) is 9.37. The second kappa shape index (κ2) is 9.69. The van der Waals surface area contributed by atoms with Crippen molar-refractivity contribution in [1.82, 2.24) is 4.90 Å². The van der Waals surface area contributed by atoms with E-state index < -0.39 is 0 Å². The number of hydrogen-bond acceptors (Lipinski definition) is 2. The van der Waals surface area contributed by atoms with Crippen LogP contribution in [0.1, 0.15) is 40.0 Å². The Balaban J connectivity index is 3.79. The third-order valence-corrected chi connectivity index (χ3v) is 3.29. The lowest BCUT2D eigenvalue weighted by Crippen LogP contribution is -2.25. The smallest absolute Gasteiger partial charge is 0.0598 e. The Morgan fingerprint density at radius 1 is 1.31 bits per heavy atom. The summed E-state index contributed by atoms with van der Waals surface area (Å²) >= 11 is 0. The lowest BCUT2D eigenvalue weighted by molar-refractivity contribution is 0.276. The zero-order chi connectivity index (χ0) is 12.4. The van der Waals surface area contributed by atoms with Crippen LogP contribution in [0.4, 0.5) is 0 Å². The first-order valence-corrected chi connectivity index (χ1v) is 6.51. The normalized spacial score (nSPS) is 13.1. The summed E-state index contributed by atoms with van der Waals surface area (Å²) in [6, 6.07) is 0. The first-order chi connectivity index (χ1) is 7.65. The van der Waals surface area contributed by atoms with E-state index in [9.17, 15) is 0 Å². The summed E-state index contributed by atoms with van der Waals surface area (Å²) in [4.78, 5) is 2.32. The molecular formula is C14H28N2. The maximum Gasteiger partial charge on any atom is 0.0598 e. The van der Waals surface area contributed by atoms with E-state index in [1.807, 2.05) is 0 Å². The Morgan fingerprint density at radius 3 is 2.44 bits per heavy atom. The number of nitrogens with two attached hydrogens (primary N) is 1. The van der Waals surface area contributed by atoms with Gasteiger partial charge >= 0.3 is 0 Å². The van der Waals surface area contributed by atoms with Crippen molar-refractivity contribution in [3.8, 4) is 12.3 Å². The fourth-order valence-corrected chi connectivity index (χ4v) is 2.08. The zero-order valence-corrected chi connectivity index (χ0v) is 11.2. The van der Waals surface area contributed by atoms with Crippen LogP contribution in [0, 0.1) is 24.2 Å². The molecule has 0 spiro atoms. The SMILES string of the molecule is C#CCN(CC)CCCC(CCN)C(C)C. The van der Waals surface area contributed by atoms with Crippen molar-refractivity contribution in [2.75, 3.05) is 26.2 Å². The van der Waals surface area contributed by atoms with Crippen LogP contribution in [-0.4, -0.2) is 31.1 Å². The fraction of sp³-hybridized carbons (Fsp3) is 0.857. The van der Waals surface area contributed by atoms with Gasteiger partial charge in [-0.15, -0.1) is 6.42 Å². The molecular weight excluding hydrogens is 196 g/mol. The molecule has 0 saturated heterocycles. The lowest BCUT2D eigenvalue weighted by atomic mass is 9.88. The molecule has 0 rings (SSSR count). The van der Waals surface area contributed by atoms with Crippen LogP contribution in [0.2, 0.25) is 0 Å². The third kappa shape index (κ3) is 6.87. The predicted octanol–water partition coefficient (Wildman–Crippen LogP) is 2.34. The summed E-state index contributed by atoms with van der Waals surface area (Å²) in [5.41, 5.74) is 5.64. The Labute approximate surface area is 102 Å². The van der Waals surface area contributed by atoms with Crippen molar-refractivity contribution in [3.05, 3.63) is 0 Å². The van der Waals surface area contributed by atoms with Gasteiger partial charge < -0.3 is 5.73 Å². The topological polar surface area (TPSA) is 29.3 Å². The van der Waals surface area contributed by atoms with Gasteiger partial charge in [0.2, 0.25) is 0 Å². The molecule has 0 aliphatic heterocycles. The zero-order valence-electron chi connectivity index (χ0n) is 11.2. The number of rotatable bonds is 9. The molecule has 0 saturated carbocycles. The second-order valence-electron chi connectivity index (χ2n) is 4.80. The van der Waals surface area contributed by atoms with E-state index in [1.54, 1.807) is 0 Å². The largest absolute Gasteiger partial charge is 0.330 e. The molecule has 0 radical (unpaired) electrons. The molecule has 1 atom stereocenters. The first kappa shape index (κ1) is 15.5. The maximum absolute atomic E-state index is 5.64. The molecule has 0 aromatic heterocycles. The minimum atomic E-state index is 0.742. The predicted molar refractivity (Wildman–Crippen MR) is 72.2 cm³/mol. The average Bonchev–Trinajstić information content (AvgIpc) is 2.26. The average molecular weight is 224 g/mol. The van der Waals surface area contributed by atoms with Crippen molar-refractivity contribution in [3.63, 3.8) is 0 Å². The molecule has 0 heterocycles. The lowest BCUT2D eigenvalue weighted by Gasteiger charge is -2.22. The van der Waals surface area contributed by atoms with Gasteiger partial charge in [-0.2, -0.15) is 0 Å². The van der Waals surface area contributed by atoms with E-state index in [-0.39, 0.29) is 0 Å². The molecule has 0 aromatic rings. The molecule has 16 heavy (non-hydrogen) atoms. The van der Waals surface area contributed by atoms with Crippen molar-refractivity contribution in [2.45, 2.75) is 40.0 Å². The van der Waals surface area contributed by atoms with E-state index in [0.717, 1.165) is 44.4 Å². The summed E-state index contributed by atoms with van der Waals surface area (Å²) in [7, 11) is 0. The summed E-state index contributed by atoms with van der Waals surface area (Å²) in [6.07, 6.45) is 8.98. The first-order valence-electron chi connectivity index (χ1n) is 6.51. The molecule has 0 aromatic carbocycles. The van der Waals surface area contributed by atoms with E-state index in [1.165, 1.54) is 12.8 Å². The highest BCUT2D eigenvalue weighted by Gasteiger charge is 2.12. The summed E-state index contributed by atoms with van der Waals surface area (Å²) < 4.78 is 0. The maximum atomic E-state index is 5.64. The Hall–Kier alpha value is -0.520. The molecule has 0 fully saturated rings. The van der Waals surface area contributed by atoms with Crippen molar-refractivity contribution >= 4 is 0 Å². The van der Waals surface area contributed by atoms with Gasteiger partial charge in [0.15, 0.2) is 0 Å². The molecule has 2 heteroatoms. The number of terminal acetylenes is 1. The minimum absolute atomic E-state index is 0.742. The van der Waals surface area contributed by atoms with E-state index in [2.05, 4.69) is 31.6 Å². The van der Waals surface area contributed by atoms with Gasteiger partial charge in [-0.1, -0.05) is 26.7 Å². The monoisotopic (exact) mass is 224 g/mol. The van der Waals surface area contributed by atoms with Gasteiger partial charge in [0.05, 0.1) is 6.54 Å². The van der Waals surface area contributed by atoms with Crippen molar-refractivity contribution in [1.29, 1.82) is 0 Å². The van der Waals surface area contributed by atoms with Crippen molar-refractivity contribution < 1.29 is 0 Å². The molecule has 1 unspecified atom stereocenters. The highest BCUT2D eigenvalue weighted by molar-refractivity contribution is 4.87. The van der Waals surface area contributed by atoms with Crippen LogP contribution in [0.25, 0.3) is 0 Å². The van der Waals surface area contributed by atoms with Crippen LogP contribution in [0.15, 0.2) is 0 Å². The van der Waals surface area contributed by atoms with Gasteiger partial charge in [-0.3, -0.25) is 4.90 Å². The Morgan fingerprint density at radius 2 is 2.00 bits per heavy atom. The number of hydrogen-bond donors (Lipinski definition) is 1. The highest BCUT2D eigenvalue weighted by Crippen LogP contribution is 2.20. The van der Waals surface area contributed by atoms with E-state index in [4.69, 9.17) is 12.2 Å². The van der Waals surface area contributed by atoms with Crippen LogP contribution >= 0.6 is 0 Å². The Bertz CT molecular complexity index is 193. The van der Waals surface area contributed by atoms with Gasteiger partial charge in [-0.25, -0.2) is 0 Å².